The van der Waals surface area contributed by atoms with Crippen LogP contribution in [0.5, 0.6) is 0 Å². The molecule has 0 saturated carbocycles. The number of hydrogen-bond acceptors (Lipinski definition) is 4. The summed E-state index contributed by atoms with van der Waals surface area (Å²) in [6, 6.07) is 18.4. The molecule has 0 bridgehead atoms. The number of anilines is 3. The number of nitrogens with zero attached hydrogens (tertiary/aromatic N) is 2. The zero-order chi connectivity index (χ0) is 16.8. The van der Waals surface area contributed by atoms with Crippen LogP contribution in [0.1, 0.15) is 11.1 Å². The smallest absolute Gasteiger partial charge is 0.224 e. The summed E-state index contributed by atoms with van der Waals surface area (Å²) in [5.41, 5.74) is 3.48. The third kappa shape index (κ3) is 4.55. The normalized spacial score (nSPS) is 10.4. The molecule has 0 spiro atoms. The number of hydrogen-bond donors (Lipinski definition) is 2. The fraction of sp³-hybridized carbons (Fsp3) is 0.158. The number of benzene rings is 2. The van der Waals surface area contributed by atoms with E-state index in [1.165, 1.54) is 5.56 Å². The fourth-order valence-corrected chi connectivity index (χ4v) is 2.86. The van der Waals surface area contributed by atoms with Crippen molar-refractivity contribution in [3.05, 3.63) is 76.4 Å². The van der Waals surface area contributed by atoms with E-state index in [9.17, 15) is 0 Å². The van der Waals surface area contributed by atoms with Gasteiger partial charge in [-0.2, -0.15) is 4.98 Å². The average molecular weight is 383 g/mol. The summed E-state index contributed by atoms with van der Waals surface area (Å²) in [5.74, 6) is 1.41. The lowest BCUT2D eigenvalue weighted by Gasteiger charge is -2.10. The highest BCUT2D eigenvalue weighted by atomic mass is 79.9. The Bertz CT molecular complexity index is 805. The highest BCUT2D eigenvalue weighted by molar-refractivity contribution is 9.10. The Morgan fingerprint density at radius 1 is 1.04 bits per heavy atom. The first-order chi connectivity index (χ1) is 11.7. The van der Waals surface area contributed by atoms with Crippen molar-refractivity contribution in [2.45, 2.75) is 13.3 Å². The van der Waals surface area contributed by atoms with Gasteiger partial charge < -0.3 is 10.6 Å². The van der Waals surface area contributed by atoms with Crippen LogP contribution < -0.4 is 10.6 Å². The van der Waals surface area contributed by atoms with Crippen molar-refractivity contribution >= 4 is 33.4 Å². The van der Waals surface area contributed by atoms with Crippen LogP contribution in [0.3, 0.4) is 0 Å². The van der Waals surface area contributed by atoms with Gasteiger partial charge in [-0.1, -0.05) is 46.3 Å². The molecule has 122 valence electrons. The number of nitrogens with one attached hydrogen (secondary N) is 2. The highest BCUT2D eigenvalue weighted by Gasteiger charge is 2.03. The van der Waals surface area contributed by atoms with Gasteiger partial charge in [-0.05, 0) is 48.7 Å². The molecule has 0 radical (unpaired) electrons. The molecule has 4 nitrogen and oxygen atoms in total. The lowest BCUT2D eigenvalue weighted by molar-refractivity contribution is 0.985. The summed E-state index contributed by atoms with van der Waals surface area (Å²) in [6.45, 7) is 2.86. The molecule has 1 heterocycles. The van der Waals surface area contributed by atoms with Crippen LogP contribution in [0.2, 0.25) is 0 Å². The Hall–Kier alpha value is -2.40. The third-order valence-corrected chi connectivity index (χ3v) is 4.14. The molecule has 3 aromatic rings. The fourth-order valence-electron chi connectivity index (χ4n) is 2.38. The summed E-state index contributed by atoms with van der Waals surface area (Å²) in [5, 5.41) is 6.61. The second-order valence-corrected chi connectivity index (χ2v) is 6.43. The second-order valence-electron chi connectivity index (χ2n) is 5.51. The van der Waals surface area contributed by atoms with Gasteiger partial charge in [-0.25, -0.2) is 4.98 Å². The van der Waals surface area contributed by atoms with Crippen molar-refractivity contribution in [2.75, 3.05) is 17.2 Å². The molecule has 0 aliphatic carbocycles. The van der Waals surface area contributed by atoms with Gasteiger partial charge in [0, 0.05) is 22.9 Å². The van der Waals surface area contributed by atoms with E-state index in [1.54, 1.807) is 6.20 Å². The number of aromatic nitrogens is 2. The monoisotopic (exact) mass is 382 g/mol. The Morgan fingerprint density at radius 3 is 2.67 bits per heavy atom. The van der Waals surface area contributed by atoms with E-state index in [0.29, 0.717) is 5.95 Å². The number of halogens is 1. The van der Waals surface area contributed by atoms with Crippen LogP contribution in [0.15, 0.2) is 65.3 Å². The number of aryl methyl sites for hydroxylation is 1. The van der Waals surface area contributed by atoms with Gasteiger partial charge in [0.15, 0.2) is 0 Å². The maximum Gasteiger partial charge on any atom is 0.224 e. The Morgan fingerprint density at radius 2 is 1.88 bits per heavy atom. The molecule has 0 aliphatic heterocycles. The van der Waals surface area contributed by atoms with Crippen LogP contribution in [0.25, 0.3) is 0 Å². The van der Waals surface area contributed by atoms with Gasteiger partial charge in [-0.3, -0.25) is 0 Å². The largest absolute Gasteiger partial charge is 0.354 e. The zero-order valence-electron chi connectivity index (χ0n) is 13.5. The number of rotatable bonds is 6. The van der Waals surface area contributed by atoms with E-state index >= 15 is 0 Å². The second kappa shape index (κ2) is 7.93. The zero-order valence-corrected chi connectivity index (χ0v) is 15.0. The summed E-state index contributed by atoms with van der Waals surface area (Å²) in [7, 11) is 0. The first kappa shape index (κ1) is 16.5. The van der Waals surface area contributed by atoms with Gasteiger partial charge in [0.05, 0.1) is 0 Å². The molecule has 5 heteroatoms. The van der Waals surface area contributed by atoms with Gasteiger partial charge in [0.2, 0.25) is 5.95 Å². The lowest BCUT2D eigenvalue weighted by Crippen LogP contribution is -2.08. The maximum atomic E-state index is 4.52. The topological polar surface area (TPSA) is 49.8 Å². The molecular weight excluding hydrogens is 364 g/mol. The SMILES string of the molecule is Cc1cc(Br)ccc1Nc1ccnc(NCCc2ccccc2)n1. The summed E-state index contributed by atoms with van der Waals surface area (Å²) in [4.78, 5) is 8.80. The van der Waals surface area contributed by atoms with E-state index < -0.39 is 0 Å². The molecule has 0 atom stereocenters. The van der Waals surface area contributed by atoms with Gasteiger partial charge in [-0.15, -0.1) is 0 Å². The quantitative estimate of drug-likeness (QED) is 0.633. The van der Waals surface area contributed by atoms with Crippen LogP contribution in [0.4, 0.5) is 17.5 Å². The predicted molar refractivity (Wildman–Crippen MR) is 103 cm³/mol. The molecule has 0 fully saturated rings. The first-order valence-electron chi connectivity index (χ1n) is 7.85. The van der Waals surface area contributed by atoms with E-state index in [0.717, 1.165) is 34.5 Å². The standard InChI is InChI=1S/C19H19BrN4/c1-14-13-16(20)7-8-17(14)23-18-10-12-22-19(24-18)21-11-9-15-5-3-2-4-6-15/h2-8,10,12-13H,9,11H2,1H3,(H2,21,22,23,24). The maximum absolute atomic E-state index is 4.52. The van der Waals surface area contributed by atoms with Crippen LogP contribution >= 0.6 is 15.9 Å². The molecule has 1 aromatic heterocycles. The van der Waals surface area contributed by atoms with E-state index in [2.05, 4.69) is 73.8 Å². The average Bonchev–Trinajstić information content (AvgIpc) is 2.59. The summed E-state index contributed by atoms with van der Waals surface area (Å²) >= 11 is 3.48. The van der Waals surface area contributed by atoms with Crippen molar-refractivity contribution in [1.29, 1.82) is 0 Å². The molecule has 0 aliphatic rings. The molecule has 0 saturated heterocycles. The van der Waals surface area contributed by atoms with Crippen molar-refractivity contribution in [3.8, 4) is 0 Å². The van der Waals surface area contributed by atoms with Crippen LogP contribution in [-0.4, -0.2) is 16.5 Å². The minimum Gasteiger partial charge on any atom is -0.354 e. The van der Waals surface area contributed by atoms with Crippen molar-refractivity contribution in [2.24, 2.45) is 0 Å². The van der Waals surface area contributed by atoms with Crippen molar-refractivity contribution in [1.82, 2.24) is 9.97 Å². The molecule has 24 heavy (non-hydrogen) atoms. The molecule has 2 N–H and O–H groups in total. The Labute approximate surface area is 150 Å². The molecule has 3 rings (SSSR count). The Balaban J connectivity index is 1.61. The van der Waals surface area contributed by atoms with E-state index in [1.807, 2.05) is 24.3 Å². The highest BCUT2D eigenvalue weighted by Crippen LogP contribution is 2.23. The van der Waals surface area contributed by atoms with Gasteiger partial charge in [0.1, 0.15) is 5.82 Å². The van der Waals surface area contributed by atoms with E-state index in [4.69, 9.17) is 0 Å². The van der Waals surface area contributed by atoms with Crippen LogP contribution in [-0.2, 0) is 6.42 Å². The van der Waals surface area contributed by atoms with Crippen molar-refractivity contribution in [3.63, 3.8) is 0 Å². The predicted octanol–water partition coefficient (Wildman–Crippen LogP) is 4.95. The van der Waals surface area contributed by atoms with Crippen molar-refractivity contribution < 1.29 is 0 Å². The van der Waals surface area contributed by atoms with Crippen LogP contribution in [0, 0.1) is 6.92 Å². The summed E-state index contributed by atoms with van der Waals surface area (Å²) < 4.78 is 1.07. The molecule has 2 aromatic carbocycles. The Kier molecular flexibility index (Phi) is 5.43. The molecule has 0 amide bonds. The lowest BCUT2D eigenvalue weighted by atomic mass is 10.1. The minimum atomic E-state index is 0.630. The molecular formula is C19H19BrN4. The van der Waals surface area contributed by atoms with E-state index in [-0.39, 0.29) is 0 Å². The minimum absolute atomic E-state index is 0.630. The van der Waals surface area contributed by atoms with Gasteiger partial charge in [0.25, 0.3) is 0 Å². The third-order valence-electron chi connectivity index (χ3n) is 3.65. The summed E-state index contributed by atoms with van der Waals surface area (Å²) in [6.07, 6.45) is 2.70. The van der Waals surface area contributed by atoms with Gasteiger partial charge >= 0.3 is 0 Å². The molecule has 0 unspecified atom stereocenters. The first-order valence-corrected chi connectivity index (χ1v) is 8.64.